The van der Waals surface area contributed by atoms with Crippen molar-refractivity contribution >= 4 is 33.4 Å². The number of anilines is 2. The number of nitrogens with one attached hydrogen (secondary N) is 2. The van der Waals surface area contributed by atoms with Crippen molar-refractivity contribution in [3.05, 3.63) is 71.5 Å². The van der Waals surface area contributed by atoms with E-state index in [9.17, 15) is 18.0 Å². The minimum Gasteiger partial charge on any atom is -0.452 e. The summed E-state index contributed by atoms with van der Waals surface area (Å²) in [6, 6.07) is 12.4. The maximum atomic E-state index is 12.8. The Bertz CT molecular complexity index is 1160. The summed E-state index contributed by atoms with van der Waals surface area (Å²) < 4.78 is 37.6. The number of hydrogen-bond acceptors (Lipinski definition) is 7. The van der Waals surface area contributed by atoms with Gasteiger partial charge in [-0.15, -0.1) is 0 Å². The van der Waals surface area contributed by atoms with E-state index in [4.69, 9.17) is 4.74 Å². The fourth-order valence-electron chi connectivity index (χ4n) is 2.52. The van der Waals surface area contributed by atoms with Gasteiger partial charge < -0.3 is 14.6 Å². The molecule has 0 saturated heterocycles. The van der Waals surface area contributed by atoms with Crippen LogP contribution in [0.1, 0.15) is 21.5 Å². The molecule has 0 aliphatic carbocycles. The molecular weight excluding hydrogens is 410 g/mol. The van der Waals surface area contributed by atoms with Crippen LogP contribution in [-0.4, -0.2) is 32.1 Å². The number of carbonyl (C=O) groups excluding carboxylic acids is 2. The molecule has 1 heterocycles. The molecule has 0 radical (unpaired) electrons. The van der Waals surface area contributed by atoms with E-state index in [-0.39, 0.29) is 16.3 Å². The predicted octanol–water partition coefficient (Wildman–Crippen LogP) is 2.89. The second kappa shape index (κ2) is 8.78. The molecule has 0 bridgehead atoms. The van der Waals surface area contributed by atoms with Crippen molar-refractivity contribution in [2.45, 2.75) is 18.7 Å². The molecule has 1 amide bonds. The van der Waals surface area contributed by atoms with E-state index >= 15 is 0 Å². The Hall–Kier alpha value is -3.66. The van der Waals surface area contributed by atoms with E-state index in [0.29, 0.717) is 11.3 Å². The van der Waals surface area contributed by atoms with E-state index in [1.807, 2.05) is 6.92 Å². The van der Waals surface area contributed by atoms with Crippen LogP contribution in [0.2, 0.25) is 0 Å². The van der Waals surface area contributed by atoms with E-state index in [0.717, 1.165) is 5.56 Å². The molecule has 0 spiro atoms. The minimum absolute atomic E-state index is 0.000817. The van der Waals surface area contributed by atoms with Gasteiger partial charge in [-0.1, -0.05) is 28.9 Å². The quantitative estimate of drug-likeness (QED) is 0.553. The number of amides is 1. The highest BCUT2D eigenvalue weighted by Gasteiger charge is 2.20. The first-order valence-electron chi connectivity index (χ1n) is 8.82. The van der Waals surface area contributed by atoms with Gasteiger partial charge in [-0.3, -0.25) is 9.52 Å². The van der Waals surface area contributed by atoms with Crippen LogP contribution in [-0.2, 0) is 19.6 Å². The molecular formula is C20H19N3O6S. The van der Waals surface area contributed by atoms with Crippen molar-refractivity contribution in [3.63, 3.8) is 0 Å². The number of hydrogen-bond donors (Lipinski definition) is 2. The zero-order valence-corrected chi connectivity index (χ0v) is 17.0. The SMILES string of the molecule is Cc1ccc(NS(=O)(=O)c2cc(C(=O)OCC(=O)Nc3ccon3)ccc2C)cc1. The third kappa shape index (κ3) is 5.23. The van der Waals surface area contributed by atoms with Crippen LogP contribution in [0.25, 0.3) is 0 Å². The van der Waals surface area contributed by atoms with Gasteiger partial charge in [0.15, 0.2) is 12.4 Å². The molecule has 156 valence electrons. The van der Waals surface area contributed by atoms with Crippen LogP contribution in [0.3, 0.4) is 0 Å². The summed E-state index contributed by atoms with van der Waals surface area (Å²) in [5.74, 6) is -1.27. The van der Waals surface area contributed by atoms with Crippen molar-refractivity contribution < 1.29 is 27.3 Å². The first kappa shape index (κ1) is 21.1. The zero-order valence-electron chi connectivity index (χ0n) is 16.2. The van der Waals surface area contributed by atoms with Gasteiger partial charge in [0.05, 0.1) is 10.5 Å². The molecule has 0 atom stereocenters. The molecule has 0 unspecified atom stereocenters. The number of ether oxygens (including phenoxy) is 1. The lowest BCUT2D eigenvalue weighted by Gasteiger charge is -2.12. The van der Waals surface area contributed by atoms with Crippen molar-refractivity contribution in [1.82, 2.24) is 5.16 Å². The zero-order chi connectivity index (χ0) is 21.7. The number of rotatable bonds is 7. The summed E-state index contributed by atoms with van der Waals surface area (Å²) in [7, 11) is -3.93. The minimum atomic E-state index is -3.93. The fraction of sp³-hybridized carbons (Fsp3) is 0.150. The standard InChI is InChI=1S/C20H19N3O6S/c1-13-3-7-16(8-4-13)23-30(26,27)17-11-15(6-5-14(17)2)20(25)28-12-19(24)21-18-9-10-29-22-18/h3-11,23H,12H2,1-2H3,(H,21,22,24). The Morgan fingerprint density at radius 3 is 2.47 bits per heavy atom. The molecule has 0 aliphatic rings. The Morgan fingerprint density at radius 2 is 1.80 bits per heavy atom. The van der Waals surface area contributed by atoms with Crippen LogP contribution in [0.4, 0.5) is 11.5 Å². The molecule has 30 heavy (non-hydrogen) atoms. The van der Waals surface area contributed by atoms with Gasteiger partial charge in [0, 0.05) is 11.8 Å². The van der Waals surface area contributed by atoms with E-state index in [2.05, 4.69) is 19.7 Å². The average molecular weight is 429 g/mol. The normalized spacial score (nSPS) is 11.0. The fourth-order valence-corrected chi connectivity index (χ4v) is 3.85. The highest BCUT2D eigenvalue weighted by molar-refractivity contribution is 7.92. The van der Waals surface area contributed by atoms with Gasteiger partial charge in [0.2, 0.25) is 0 Å². The van der Waals surface area contributed by atoms with Gasteiger partial charge in [-0.25, -0.2) is 13.2 Å². The molecule has 9 nitrogen and oxygen atoms in total. The summed E-state index contributed by atoms with van der Waals surface area (Å²) in [4.78, 5) is 24.0. The second-order valence-corrected chi connectivity index (χ2v) is 8.11. The lowest BCUT2D eigenvalue weighted by molar-refractivity contribution is -0.119. The number of esters is 1. The number of aromatic nitrogens is 1. The van der Waals surface area contributed by atoms with E-state index in [1.165, 1.54) is 30.5 Å². The topological polar surface area (TPSA) is 128 Å². The van der Waals surface area contributed by atoms with Crippen molar-refractivity contribution in [3.8, 4) is 0 Å². The van der Waals surface area contributed by atoms with Gasteiger partial charge in [-0.2, -0.15) is 0 Å². The second-order valence-electron chi connectivity index (χ2n) is 6.46. The molecule has 0 aliphatic heterocycles. The van der Waals surface area contributed by atoms with Crippen LogP contribution in [0.15, 0.2) is 64.2 Å². The number of nitrogens with zero attached hydrogens (tertiary/aromatic N) is 1. The van der Waals surface area contributed by atoms with E-state index in [1.54, 1.807) is 31.2 Å². The van der Waals surface area contributed by atoms with E-state index < -0.39 is 28.5 Å². The molecule has 3 rings (SSSR count). The highest BCUT2D eigenvalue weighted by Crippen LogP contribution is 2.21. The number of carbonyl (C=O) groups is 2. The summed E-state index contributed by atoms with van der Waals surface area (Å²) >= 11 is 0. The largest absolute Gasteiger partial charge is 0.452 e. The third-order valence-electron chi connectivity index (χ3n) is 4.06. The molecule has 0 saturated carbocycles. The summed E-state index contributed by atoms with van der Waals surface area (Å²) in [5, 5.41) is 5.89. The summed E-state index contributed by atoms with van der Waals surface area (Å²) in [6.07, 6.45) is 1.28. The molecule has 1 aromatic heterocycles. The number of sulfonamides is 1. The number of benzene rings is 2. The highest BCUT2D eigenvalue weighted by atomic mass is 32.2. The van der Waals surface area contributed by atoms with Gasteiger partial charge in [-0.05, 0) is 43.7 Å². The first-order chi connectivity index (χ1) is 14.2. The van der Waals surface area contributed by atoms with Gasteiger partial charge in [0.1, 0.15) is 6.26 Å². The number of aryl methyl sites for hydroxylation is 2. The third-order valence-corrected chi connectivity index (χ3v) is 5.58. The monoisotopic (exact) mass is 429 g/mol. The van der Waals surface area contributed by atoms with Crippen LogP contribution >= 0.6 is 0 Å². The van der Waals surface area contributed by atoms with Crippen LogP contribution in [0, 0.1) is 13.8 Å². The Morgan fingerprint density at radius 1 is 1.07 bits per heavy atom. The molecule has 10 heteroatoms. The maximum absolute atomic E-state index is 12.8. The Kier molecular flexibility index (Phi) is 6.17. The Balaban J connectivity index is 1.71. The van der Waals surface area contributed by atoms with Crippen LogP contribution in [0.5, 0.6) is 0 Å². The average Bonchev–Trinajstić information content (AvgIpc) is 3.21. The van der Waals surface area contributed by atoms with Crippen molar-refractivity contribution in [2.75, 3.05) is 16.6 Å². The predicted molar refractivity (Wildman–Crippen MR) is 109 cm³/mol. The van der Waals surface area contributed by atoms with Crippen LogP contribution < -0.4 is 10.0 Å². The summed E-state index contributed by atoms with van der Waals surface area (Å²) in [6.45, 7) is 2.94. The smallest absolute Gasteiger partial charge is 0.338 e. The molecule has 2 N–H and O–H groups in total. The Labute approximate surface area is 173 Å². The maximum Gasteiger partial charge on any atom is 0.338 e. The molecule has 0 fully saturated rings. The lowest BCUT2D eigenvalue weighted by Crippen LogP contribution is -2.21. The lowest BCUT2D eigenvalue weighted by atomic mass is 10.1. The molecule has 3 aromatic rings. The first-order valence-corrected chi connectivity index (χ1v) is 10.3. The summed E-state index contributed by atoms with van der Waals surface area (Å²) in [5.41, 5.74) is 1.85. The van der Waals surface area contributed by atoms with Crippen molar-refractivity contribution in [1.29, 1.82) is 0 Å². The van der Waals surface area contributed by atoms with Gasteiger partial charge in [0.25, 0.3) is 15.9 Å². The van der Waals surface area contributed by atoms with Gasteiger partial charge >= 0.3 is 5.97 Å². The van der Waals surface area contributed by atoms with Crippen molar-refractivity contribution in [2.24, 2.45) is 0 Å². The molecule has 2 aromatic carbocycles.